The highest BCUT2D eigenvalue weighted by Gasteiger charge is 2.31. The molecule has 0 saturated carbocycles. The normalized spacial score (nSPS) is 11.1. The molecular formula is C14H12ClF3N4O. The van der Waals surface area contributed by atoms with E-state index in [-0.39, 0.29) is 18.2 Å². The molecule has 5 nitrogen and oxygen atoms in total. The van der Waals surface area contributed by atoms with Gasteiger partial charge in [0.1, 0.15) is 5.75 Å². The molecule has 3 rings (SSSR count). The van der Waals surface area contributed by atoms with Crippen LogP contribution in [0.4, 0.5) is 13.2 Å². The van der Waals surface area contributed by atoms with Crippen LogP contribution in [0.3, 0.4) is 0 Å². The van der Waals surface area contributed by atoms with Crippen molar-refractivity contribution < 1.29 is 17.9 Å². The van der Waals surface area contributed by atoms with E-state index in [0.717, 1.165) is 5.69 Å². The smallest absolute Gasteiger partial charge is 0.406 e. The molecule has 0 amide bonds. The van der Waals surface area contributed by atoms with Gasteiger partial charge in [0.2, 0.25) is 0 Å². The Bertz CT molecular complexity index is 755. The number of halogens is 4. The minimum atomic E-state index is -4.71. The van der Waals surface area contributed by atoms with Gasteiger partial charge in [-0.1, -0.05) is 6.07 Å². The second-order valence-electron chi connectivity index (χ2n) is 4.55. The Balaban J connectivity index is 0.00000192. The lowest BCUT2D eigenvalue weighted by atomic mass is 10.3. The summed E-state index contributed by atoms with van der Waals surface area (Å²) < 4.78 is 44.1. The van der Waals surface area contributed by atoms with E-state index >= 15 is 0 Å². The van der Waals surface area contributed by atoms with Crippen molar-refractivity contribution in [3.63, 3.8) is 0 Å². The van der Waals surface area contributed by atoms with Gasteiger partial charge in [-0.2, -0.15) is 0 Å². The largest absolute Gasteiger partial charge is 0.573 e. The van der Waals surface area contributed by atoms with Gasteiger partial charge in [0.25, 0.3) is 0 Å². The topological polar surface area (TPSA) is 44.9 Å². The number of imidazole rings is 2. The summed E-state index contributed by atoms with van der Waals surface area (Å²) in [5, 5.41) is 0. The predicted octanol–water partition coefficient (Wildman–Crippen LogP) is 3.44. The lowest BCUT2D eigenvalue weighted by molar-refractivity contribution is -0.274. The van der Waals surface area contributed by atoms with Gasteiger partial charge in [0.15, 0.2) is 0 Å². The van der Waals surface area contributed by atoms with E-state index in [0.29, 0.717) is 12.2 Å². The molecule has 0 radical (unpaired) electrons. The summed E-state index contributed by atoms with van der Waals surface area (Å²) >= 11 is 0. The third kappa shape index (κ3) is 4.49. The zero-order chi connectivity index (χ0) is 15.6. The lowest BCUT2D eigenvalue weighted by Gasteiger charge is -2.10. The fraction of sp³-hybridized carbons (Fsp3) is 0.143. The van der Waals surface area contributed by atoms with E-state index in [1.165, 1.54) is 18.2 Å². The Morgan fingerprint density at radius 3 is 2.70 bits per heavy atom. The number of ether oxygens (including phenoxy) is 1. The molecule has 0 spiro atoms. The average Bonchev–Trinajstić information content (AvgIpc) is 3.09. The van der Waals surface area contributed by atoms with Gasteiger partial charge in [-0.05, 0) is 12.1 Å². The second-order valence-corrected chi connectivity index (χ2v) is 4.55. The quantitative estimate of drug-likeness (QED) is 0.728. The maximum atomic E-state index is 12.2. The zero-order valence-corrected chi connectivity index (χ0v) is 12.5. The molecular weight excluding hydrogens is 333 g/mol. The molecule has 0 N–H and O–H groups in total. The summed E-state index contributed by atoms with van der Waals surface area (Å²) in [5.41, 5.74) is 1.30. The fourth-order valence-electron chi connectivity index (χ4n) is 1.99. The molecule has 122 valence electrons. The predicted molar refractivity (Wildman–Crippen MR) is 78.8 cm³/mol. The molecule has 0 saturated heterocycles. The van der Waals surface area contributed by atoms with Crippen molar-refractivity contribution in [2.24, 2.45) is 0 Å². The van der Waals surface area contributed by atoms with Crippen molar-refractivity contribution in [2.45, 2.75) is 12.9 Å². The van der Waals surface area contributed by atoms with Crippen LogP contribution in [0.15, 0.2) is 55.5 Å². The summed E-state index contributed by atoms with van der Waals surface area (Å²) in [6.45, 7) is 0.533. The standard InChI is InChI=1S/C14H11F3N4O.ClH/c15-14(16,17)22-13-3-1-2-12(6-13)21-8-11(19-10-21)7-20-5-4-18-9-20;/h1-6,8-10H,7H2;1H. The number of hydrogen-bond acceptors (Lipinski definition) is 3. The molecule has 3 aromatic rings. The van der Waals surface area contributed by atoms with Crippen molar-refractivity contribution >= 4 is 12.4 Å². The minimum Gasteiger partial charge on any atom is -0.406 e. The summed E-state index contributed by atoms with van der Waals surface area (Å²) in [4.78, 5) is 8.16. The van der Waals surface area contributed by atoms with Crippen LogP contribution in [0.1, 0.15) is 5.69 Å². The van der Waals surface area contributed by atoms with Gasteiger partial charge in [-0.25, -0.2) is 9.97 Å². The van der Waals surface area contributed by atoms with Gasteiger partial charge in [-0.3, -0.25) is 0 Å². The molecule has 0 aliphatic carbocycles. The molecule has 0 unspecified atom stereocenters. The Morgan fingerprint density at radius 1 is 1.17 bits per heavy atom. The van der Waals surface area contributed by atoms with Gasteiger partial charge in [0, 0.05) is 24.7 Å². The monoisotopic (exact) mass is 344 g/mol. The van der Waals surface area contributed by atoms with Crippen LogP contribution in [0, 0.1) is 0 Å². The first-order valence-corrected chi connectivity index (χ1v) is 6.34. The maximum absolute atomic E-state index is 12.2. The van der Waals surface area contributed by atoms with Crippen LogP contribution >= 0.6 is 12.4 Å². The first-order chi connectivity index (χ1) is 10.5. The molecule has 0 bridgehead atoms. The van der Waals surface area contributed by atoms with Gasteiger partial charge >= 0.3 is 6.36 Å². The van der Waals surface area contributed by atoms with Crippen LogP contribution < -0.4 is 4.74 Å². The number of benzene rings is 1. The van der Waals surface area contributed by atoms with Crippen LogP contribution in [-0.2, 0) is 6.54 Å². The molecule has 23 heavy (non-hydrogen) atoms. The van der Waals surface area contributed by atoms with E-state index in [2.05, 4.69) is 14.7 Å². The zero-order valence-electron chi connectivity index (χ0n) is 11.6. The molecule has 1 aromatic carbocycles. The van der Waals surface area contributed by atoms with Crippen LogP contribution in [0.2, 0.25) is 0 Å². The van der Waals surface area contributed by atoms with Gasteiger partial charge in [0.05, 0.1) is 30.6 Å². The van der Waals surface area contributed by atoms with Crippen molar-refractivity contribution in [1.82, 2.24) is 19.1 Å². The van der Waals surface area contributed by atoms with E-state index in [1.54, 1.807) is 41.9 Å². The fourth-order valence-corrected chi connectivity index (χ4v) is 1.99. The number of alkyl halides is 3. The molecule has 0 fully saturated rings. The van der Waals surface area contributed by atoms with Crippen LogP contribution in [0.25, 0.3) is 5.69 Å². The summed E-state index contributed by atoms with van der Waals surface area (Å²) in [6, 6.07) is 5.72. The molecule has 0 aliphatic heterocycles. The van der Waals surface area contributed by atoms with Gasteiger partial charge < -0.3 is 13.9 Å². The van der Waals surface area contributed by atoms with E-state index in [9.17, 15) is 13.2 Å². The Kier molecular flexibility index (Phi) is 4.95. The second kappa shape index (κ2) is 6.74. The van der Waals surface area contributed by atoms with Gasteiger partial charge in [-0.15, -0.1) is 25.6 Å². The first kappa shape index (κ1) is 16.9. The Labute approximate surface area is 135 Å². The SMILES string of the molecule is Cl.FC(F)(F)Oc1cccc(-n2cnc(Cn3ccnc3)c2)c1. The summed E-state index contributed by atoms with van der Waals surface area (Å²) in [5.74, 6) is -0.269. The highest BCUT2D eigenvalue weighted by Crippen LogP contribution is 2.24. The van der Waals surface area contributed by atoms with Crippen LogP contribution in [-0.4, -0.2) is 25.5 Å². The first-order valence-electron chi connectivity index (χ1n) is 6.34. The van der Waals surface area contributed by atoms with E-state index < -0.39 is 6.36 Å². The highest BCUT2D eigenvalue weighted by molar-refractivity contribution is 5.85. The number of hydrogen-bond donors (Lipinski definition) is 0. The molecule has 9 heteroatoms. The summed E-state index contributed by atoms with van der Waals surface area (Å²) in [6.07, 6.45) is 3.70. The van der Waals surface area contributed by atoms with Crippen molar-refractivity contribution in [3.8, 4) is 11.4 Å². The highest BCUT2D eigenvalue weighted by atomic mass is 35.5. The average molecular weight is 345 g/mol. The number of nitrogens with zero attached hydrogens (tertiary/aromatic N) is 4. The summed E-state index contributed by atoms with van der Waals surface area (Å²) in [7, 11) is 0. The van der Waals surface area contributed by atoms with E-state index in [4.69, 9.17) is 0 Å². The molecule has 0 atom stereocenters. The molecule has 0 aliphatic rings. The Hall–Kier alpha value is -2.48. The minimum absolute atomic E-state index is 0. The third-order valence-corrected chi connectivity index (χ3v) is 2.89. The van der Waals surface area contributed by atoms with Crippen molar-refractivity contribution in [3.05, 3.63) is 61.2 Å². The number of aromatic nitrogens is 4. The Morgan fingerprint density at radius 2 is 2.00 bits per heavy atom. The molecule has 2 heterocycles. The van der Waals surface area contributed by atoms with Crippen molar-refractivity contribution in [1.29, 1.82) is 0 Å². The number of rotatable bonds is 4. The van der Waals surface area contributed by atoms with E-state index in [1.807, 2.05) is 4.57 Å². The maximum Gasteiger partial charge on any atom is 0.573 e. The lowest BCUT2D eigenvalue weighted by Crippen LogP contribution is -2.17. The third-order valence-electron chi connectivity index (χ3n) is 2.89. The van der Waals surface area contributed by atoms with Crippen LogP contribution in [0.5, 0.6) is 5.75 Å². The molecule has 2 aromatic heterocycles. The van der Waals surface area contributed by atoms with Crippen molar-refractivity contribution in [2.75, 3.05) is 0 Å².